The molecule has 1 aliphatic heterocycles. The monoisotopic (exact) mass is 365 g/mol. The van der Waals surface area contributed by atoms with Gasteiger partial charge >= 0.3 is 0 Å². The van der Waals surface area contributed by atoms with E-state index in [0.717, 1.165) is 31.9 Å². The maximum atomic E-state index is 6.09. The first-order valence-electron chi connectivity index (χ1n) is 10.4. The zero-order valence-electron chi connectivity index (χ0n) is 16.2. The molecule has 4 nitrogen and oxygen atoms in total. The van der Waals surface area contributed by atoms with Gasteiger partial charge in [-0.3, -0.25) is 14.8 Å². The summed E-state index contributed by atoms with van der Waals surface area (Å²) in [5, 5.41) is 0. The van der Waals surface area contributed by atoms with Crippen molar-refractivity contribution in [1.29, 1.82) is 0 Å². The van der Waals surface area contributed by atoms with Crippen molar-refractivity contribution >= 4 is 0 Å². The molecule has 0 atom stereocenters. The first-order valence-corrected chi connectivity index (χ1v) is 10.4. The maximum absolute atomic E-state index is 6.09. The van der Waals surface area contributed by atoms with Gasteiger partial charge in [0.05, 0.1) is 6.10 Å². The molecule has 1 aromatic carbocycles. The summed E-state index contributed by atoms with van der Waals surface area (Å²) < 4.78 is 6.09. The highest BCUT2D eigenvalue weighted by Crippen LogP contribution is 2.24. The van der Waals surface area contributed by atoms with Crippen molar-refractivity contribution in [2.24, 2.45) is 0 Å². The molecule has 1 saturated carbocycles. The maximum Gasteiger partial charge on any atom is 0.119 e. The standard InChI is InChI=1S/C23H31N3O/c1-2-5-22(4-1)27-23-8-6-20(7-9-23)18-25-14-3-15-26(17-16-25)19-21-10-12-24-13-11-21/h6-13,22H,1-5,14-19H2. The normalized spacial score (nSPS) is 19.9. The molecule has 27 heavy (non-hydrogen) atoms. The summed E-state index contributed by atoms with van der Waals surface area (Å²) in [6.07, 6.45) is 10.5. The van der Waals surface area contributed by atoms with Gasteiger partial charge in [-0.05, 0) is 80.6 Å². The Hall–Kier alpha value is -1.91. The zero-order chi connectivity index (χ0) is 18.3. The lowest BCUT2D eigenvalue weighted by Crippen LogP contribution is -2.30. The fraction of sp³-hybridized carbons (Fsp3) is 0.522. The lowest BCUT2D eigenvalue weighted by molar-refractivity contribution is 0.210. The molecule has 0 amide bonds. The second kappa shape index (κ2) is 9.34. The van der Waals surface area contributed by atoms with Crippen LogP contribution < -0.4 is 4.74 Å². The van der Waals surface area contributed by atoms with E-state index in [1.807, 2.05) is 12.4 Å². The van der Waals surface area contributed by atoms with E-state index in [9.17, 15) is 0 Å². The predicted octanol–water partition coefficient (Wildman–Crippen LogP) is 4.11. The van der Waals surface area contributed by atoms with E-state index in [4.69, 9.17) is 4.74 Å². The molecule has 0 N–H and O–H groups in total. The zero-order valence-corrected chi connectivity index (χ0v) is 16.2. The van der Waals surface area contributed by atoms with Crippen molar-refractivity contribution in [2.75, 3.05) is 26.2 Å². The first kappa shape index (κ1) is 18.5. The van der Waals surface area contributed by atoms with Gasteiger partial charge < -0.3 is 4.74 Å². The van der Waals surface area contributed by atoms with Crippen LogP contribution in [0, 0.1) is 0 Å². The van der Waals surface area contributed by atoms with E-state index in [1.165, 1.54) is 56.3 Å². The average molecular weight is 366 g/mol. The van der Waals surface area contributed by atoms with Crippen LogP contribution >= 0.6 is 0 Å². The number of nitrogens with zero attached hydrogens (tertiary/aromatic N) is 3. The van der Waals surface area contributed by atoms with E-state index in [1.54, 1.807) is 0 Å². The number of aromatic nitrogens is 1. The number of ether oxygens (including phenoxy) is 1. The minimum absolute atomic E-state index is 0.438. The molecule has 4 heteroatoms. The molecule has 2 heterocycles. The molecule has 0 radical (unpaired) electrons. The number of hydrogen-bond acceptors (Lipinski definition) is 4. The highest BCUT2D eigenvalue weighted by molar-refractivity contribution is 5.27. The van der Waals surface area contributed by atoms with Crippen molar-refractivity contribution in [3.8, 4) is 5.75 Å². The Morgan fingerprint density at radius 1 is 0.741 bits per heavy atom. The summed E-state index contributed by atoms with van der Waals surface area (Å²) in [5.41, 5.74) is 2.74. The Balaban J connectivity index is 1.25. The molecule has 1 aromatic heterocycles. The number of benzene rings is 1. The van der Waals surface area contributed by atoms with E-state index >= 15 is 0 Å². The van der Waals surface area contributed by atoms with Crippen LogP contribution in [0.4, 0.5) is 0 Å². The van der Waals surface area contributed by atoms with E-state index in [2.05, 4.69) is 51.2 Å². The topological polar surface area (TPSA) is 28.6 Å². The molecule has 0 unspecified atom stereocenters. The van der Waals surface area contributed by atoms with Gasteiger partial charge in [-0.2, -0.15) is 0 Å². The Kier molecular flexibility index (Phi) is 6.38. The van der Waals surface area contributed by atoms with Gasteiger partial charge in [-0.25, -0.2) is 0 Å². The average Bonchev–Trinajstić information content (AvgIpc) is 3.11. The summed E-state index contributed by atoms with van der Waals surface area (Å²) >= 11 is 0. The van der Waals surface area contributed by atoms with Crippen LogP contribution in [0.2, 0.25) is 0 Å². The highest BCUT2D eigenvalue weighted by Gasteiger charge is 2.17. The molecule has 0 spiro atoms. The van der Waals surface area contributed by atoms with Crippen molar-refractivity contribution < 1.29 is 4.74 Å². The number of rotatable bonds is 6. The minimum atomic E-state index is 0.438. The van der Waals surface area contributed by atoms with Gasteiger partial charge in [0.25, 0.3) is 0 Å². The lowest BCUT2D eigenvalue weighted by Gasteiger charge is -2.22. The summed E-state index contributed by atoms with van der Waals surface area (Å²) in [5.74, 6) is 1.03. The minimum Gasteiger partial charge on any atom is -0.490 e. The lowest BCUT2D eigenvalue weighted by atomic mass is 10.2. The Labute approximate surface area is 163 Å². The van der Waals surface area contributed by atoms with Gasteiger partial charge in [-0.1, -0.05) is 12.1 Å². The van der Waals surface area contributed by atoms with E-state index < -0.39 is 0 Å². The fourth-order valence-corrected chi connectivity index (χ4v) is 4.22. The summed E-state index contributed by atoms with van der Waals surface area (Å²) in [7, 11) is 0. The van der Waals surface area contributed by atoms with Crippen LogP contribution in [0.15, 0.2) is 48.8 Å². The molecular weight excluding hydrogens is 334 g/mol. The van der Waals surface area contributed by atoms with Gasteiger partial charge in [-0.15, -0.1) is 0 Å². The predicted molar refractivity (Wildman–Crippen MR) is 109 cm³/mol. The third-order valence-electron chi connectivity index (χ3n) is 5.77. The summed E-state index contributed by atoms with van der Waals surface area (Å²) in [4.78, 5) is 9.26. The Morgan fingerprint density at radius 3 is 1.96 bits per heavy atom. The second-order valence-electron chi connectivity index (χ2n) is 7.93. The van der Waals surface area contributed by atoms with E-state index in [-0.39, 0.29) is 0 Å². The molecular formula is C23H31N3O. The number of hydrogen-bond donors (Lipinski definition) is 0. The van der Waals surface area contributed by atoms with Gasteiger partial charge in [0.2, 0.25) is 0 Å². The summed E-state index contributed by atoms with van der Waals surface area (Å²) in [6.45, 7) is 6.67. The molecule has 2 fully saturated rings. The molecule has 0 bridgehead atoms. The van der Waals surface area contributed by atoms with Gasteiger partial charge in [0.15, 0.2) is 0 Å². The molecule has 1 aliphatic carbocycles. The quantitative estimate of drug-likeness (QED) is 0.770. The Bertz CT molecular complexity index is 683. The third kappa shape index (κ3) is 5.53. The molecule has 1 saturated heterocycles. The Morgan fingerprint density at radius 2 is 1.33 bits per heavy atom. The van der Waals surface area contributed by atoms with Crippen molar-refractivity contribution in [3.05, 3.63) is 59.9 Å². The van der Waals surface area contributed by atoms with Crippen molar-refractivity contribution in [2.45, 2.75) is 51.3 Å². The molecule has 4 rings (SSSR count). The van der Waals surface area contributed by atoms with Gasteiger partial charge in [0.1, 0.15) is 5.75 Å². The summed E-state index contributed by atoms with van der Waals surface area (Å²) in [6, 6.07) is 13.0. The van der Waals surface area contributed by atoms with Crippen LogP contribution in [0.25, 0.3) is 0 Å². The van der Waals surface area contributed by atoms with Gasteiger partial charge in [0, 0.05) is 38.6 Å². The first-order chi connectivity index (χ1) is 13.3. The smallest absolute Gasteiger partial charge is 0.119 e. The van der Waals surface area contributed by atoms with Crippen LogP contribution in [0.3, 0.4) is 0 Å². The van der Waals surface area contributed by atoms with Crippen LogP contribution in [0.5, 0.6) is 5.75 Å². The van der Waals surface area contributed by atoms with Crippen LogP contribution in [-0.4, -0.2) is 47.1 Å². The fourth-order valence-electron chi connectivity index (χ4n) is 4.22. The second-order valence-corrected chi connectivity index (χ2v) is 7.93. The van der Waals surface area contributed by atoms with Crippen LogP contribution in [0.1, 0.15) is 43.2 Å². The molecule has 144 valence electrons. The largest absolute Gasteiger partial charge is 0.490 e. The van der Waals surface area contributed by atoms with Crippen molar-refractivity contribution in [3.63, 3.8) is 0 Å². The highest BCUT2D eigenvalue weighted by atomic mass is 16.5. The van der Waals surface area contributed by atoms with E-state index in [0.29, 0.717) is 6.10 Å². The van der Waals surface area contributed by atoms with Crippen molar-refractivity contribution in [1.82, 2.24) is 14.8 Å². The molecule has 2 aliphatic rings. The van der Waals surface area contributed by atoms with Crippen LogP contribution in [-0.2, 0) is 13.1 Å². The SMILES string of the molecule is c1cc(CN2CCCN(Cc3ccc(OC4CCCC4)cc3)CC2)ccn1. The molecule has 2 aromatic rings. The third-order valence-corrected chi connectivity index (χ3v) is 5.77. The number of pyridine rings is 1.